The molecule has 0 fully saturated rings. The predicted octanol–water partition coefficient (Wildman–Crippen LogP) is 3.34. The van der Waals surface area contributed by atoms with Crippen LogP contribution in [0.25, 0.3) is 16.8 Å². The molecule has 1 aromatic heterocycles. The van der Waals surface area contributed by atoms with Gasteiger partial charge in [-0.25, -0.2) is 0 Å². The molecule has 91 valence electrons. The number of rotatable bonds is 2. The summed E-state index contributed by atoms with van der Waals surface area (Å²) in [6, 6.07) is 21.4. The normalized spacial score (nSPS) is 9.78. The van der Waals surface area contributed by atoms with E-state index in [1.54, 1.807) is 6.20 Å². The van der Waals surface area contributed by atoms with E-state index in [9.17, 15) is 0 Å². The minimum Gasteiger partial charge on any atom is -0.265 e. The molecular formula is C15H11IrN2-. The van der Waals surface area contributed by atoms with E-state index < -0.39 is 0 Å². The molecular weight excluding hydrogens is 400 g/mol. The summed E-state index contributed by atoms with van der Waals surface area (Å²) >= 11 is 0. The van der Waals surface area contributed by atoms with E-state index in [1.807, 2.05) is 47.3 Å². The van der Waals surface area contributed by atoms with Crippen molar-refractivity contribution in [2.75, 3.05) is 0 Å². The maximum absolute atomic E-state index is 4.26. The van der Waals surface area contributed by atoms with Crippen LogP contribution in [0.15, 0.2) is 67.0 Å². The van der Waals surface area contributed by atoms with Gasteiger partial charge in [0.25, 0.3) is 0 Å². The summed E-state index contributed by atoms with van der Waals surface area (Å²) < 4.78 is 1.84. The maximum atomic E-state index is 4.26. The molecule has 3 heteroatoms. The monoisotopic (exact) mass is 412 g/mol. The first-order valence-electron chi connectivity index (χ1n) is 5.51. The summed E-state index contributed by atoms with van der Waals surface area (Å²) in [7, 11) is 0. The number of hydrogen-bond acceptors (Lipinski definition) is 1. The maximum Gasteiger partial charge on any atom is 0.0493 e. The Kier molecular flexibility index (Phi) is 4.08. The number of nitrogens with zero attached hydrogens (tertiary/aromatic N) is 2. The summed E-state index contributed by atoms with van der Waals surface area (Å²) in [5, 5.41) is 4.26. The second kappa shape index (κ2) is 5.76. The van der Waals surface area contributed by atoms with Gasteiger partial charge < -0.3 is 0 Å². The van der Waals surface area contributed by atoms with Crippen molar-refractivity contribution in [1.29, 1.82) is 0 Å². The van der Waals surface area contributed by atoms with E-state index in [4.69, 9.17) is 0 Å². The number of hydrogen-bond donors (Lipinski definition) is 0. The van der Waals surface area contributed by atoms with E-state index in [0.29, 0.717) is 0 Å². The SMILES string of the molecule is [Ir].[c-]1cccc(-c2ccccc2)c1-n1cccn1. The second-order valence-electron chi connectivity index (χ2n) is 3.75. The van der Waals surface area contributed by atoms with Crippen molar-refractivity contribution in [2.45, 2.75) is 0 Å². The first-order valence-corrected chi connectivity index (χ1v) is 5.51. The Morgan fingerprint density at radius 2 is 1.78 bits per heavy atom. The van der Waals surface area contributed by atoms with Crippen LogP contribution in [0.5, 0.6) is 0 Å². The van der Waals surface area contributed by atoms with Gasteiger partial charge in [0.05, 0.1) is 0 Å². The van der Waals surface area contributed by atoms with Gasteiger partial charge in [0.1, 0.15) is 0 Å². The van der Waals surface area contributed by atoms with Crippen molar-refractivity contribution in [3.8, 4) is 16.8 Å². The van der Waals surface area contributed by atoms with Gasteiger partial charge in [0.2, 0.25) is 0 Å². The predicted molar refractivity (Wildman–Crippen MR) is 67.8 cm³/mol. The molecule has 3 rings (SSSR count). The summed E-state index contributed by atoms with van der Waals surface area (Å²) in [4.78, 5) is 0. The van der Waals surface area contributed by atoms with Gasteiger partial charge >= 0.3 is 0 Å². The zero-order chi connectivity index (χ0) is 11.5. The summed E-state index contributed by atoms with van der Waals surface area (Å²) in [6.07, 6.45) is 3.70. The quantitative estimate of drug-likeness (QED) is 0.592. The molecule has 0 spiro atoms. The molecule has 0 bridgehead atoms. The van der Waals surface area contributed by atoms with Crippen LogP contribution >= 0.6 is 0 Å². The molecule has 0 N–H and O–H groups in total. The van der Waals surface area contributed by atoms with Crippen LogP contribution < -0.4 is 0 Å². The molecule has 2 aromatic carbocycles. The molecule has 2 nitrogen and oxygen atoms in total. The number of benzene rings is 2. The second-order valence-corrected chi connectivity index (χ2v) is 3.75. The minimum atomic E-state index is 0. The van der Waals surface area contributed by atoms with Gasteiger partial charge in [-0.05, 0) is 11.8 Å². The van der Waals surface area contributed by atoms with Crippen molar-refractivity contribution in [2.24, 2.45) is 0 Å². The topological polar surface area (TPSA) is 17.8 Å². The van der Waals surface area contributed by atoms with E-state index in [-0.39, 0.29) is 20.1 Å². The zero-order valence-electron chi connectivity index (χ0n) is 9.58. The minimum absolute atomic E-state index is 0. The first-order chi connectivity index (χ1) is 8.45. The van der Waals surface area contributed by atoms with Crippen LogP contribution in [0.1, 0.15) is 0 Å². The van der Waals surface area contributed by atoms with E-state index >= 15 is 0 Å². The van der Waals surface area contributed by atoms with Gasteiger partial charge in [-0.2, -0.15) is 29.4 Å². The molecule has 0 saturated carbocycles. The molecule has 3 aromatic rings. The largest absolute Gasteiger partial charge is 0.265 e. The Morgan fingerprint density at radius 1 is 0.944 bits per heavy atom. The fourth-order valence-corrected chi connectivity index (χ4v) is 1.87. The van der Waals surface area contributed by atoms with Crippen molar-refractivity contribution in [3.05, 3.63) is 73.1 Å². The van der Waals surface area contributed by atoms with Gasteiger partial charge in [0, 0.05) is 32.5 Å². The molecule has 0 aliphatic heterocycles. The van der Waals surface area contributed by atoms with Crippen molar-refractivity contribution < 1.29 is 20.1 Å². The Labute approximate surface area is 120 Å². The average molecular weight is 411 g/mol. The third-order valence-corrected chi connectivity index (χ3v) is 2.65. The molecule has 0 unspecified atom stereocenters. The first kappa shape index (κ1) is 12.7. The van der Waals surface area contributed by atoms with Gasteiger partial charge in [-0.3, -0.25) is 4.68 Å². The summed E-state index contributed by atoms with van der Waals surface area (Å²) in [5.41, 5.74) is 3.29. The molecule has 0 amide bonds. The molecule has 0 saturated heterocycles. The molecule has 18 heavy (non-hydrogen) atoms. The molecule has 0 atom stereocenters. The van der Waals surface area contributed by atoms with Gasteiger partial charge in [-0.15, -0.1) is 5.56 Å². The Morgan fingerprint density at radius 3 is 2.50 bits per heavy atom. The van der Waals surface area contributed by atoms with Crippen molar-refractivity contribution in [3.63, 3.8) is 0 Å². The fourth-order valence-electron chi connectivity index (χ4n) is 1.87. The van der Waals surface area contributed by atoms with Crippen LogP contribution in [-0.2, 0) is 20.1 Å². The molecule has 1 radical (unpaired) electrons. The number of para-hydroxylation sites is 1. The Hall–Kier alpha value is -1.70. The van der Waals surface area contributed by atoms with Crippen LogP contribution in [0.2, 0.25) is 0 Å². The van der Waals surface area contributed by atoms with E-state index in [2.05, 4.69) is 29.4 Å². The molecule has 1 heterocycles. The summed E-state index contributed by atoms with van der Waals surface area (Å²) in [6.45, 7) is 0. The number of aromatic nitrogens is 2. The Balaban J connectivity index is 0.00000120. The third kappa shape index (κ3) is 2.42. The van der Waals surface area contributed by atoms with Gasteiger partial charge in [-0.1, -0.05) is 35.9 Å². The van der Waals surface area contributed by atoms with E-state index in [1.165, 1.54) is 5.56 Å². The van der Waals surface area contributed by atoms with Crippen LogP contribution in [-0.4, -0.2) is 9.78 Å². The fraction of sp³-hybridized carbons (Fsp3) is 0. The van der Waals surface area contributed by atoms with Crippen molar-refractivity contribution >= 4 is 0 Å². The summed E-state index contributed by atoms with van der Waals surface area (Å²) in [5.74, 6) is 0. The molecule has 0 aliphatic carbocycles. The van der Waals surface area contributed by atoms with Crippen LogP contribution in [0.4, 0.5) is 0 Å². The standard InChI is InChI=1S/C15H11N2.Ir/c1-2-7-13(8-3-1)14-9-4-5-10-15(14)17-12-6-11-16-17;/h1-9,11-12H;/q-1;. The van der Waals surface area contributed by atoms with Crippen LogP contribution in [0, 0.1) is 6.07 Å². The van der Waals surface area contributed by atoms with E-state index in [0.717, 1.165) is 11.3 Å². The Bertz CT molecular complexity index is 603. The molecule has 0 aliphatic rings. The third-order valence-electron chi connectivity index (χ3n) is 2.65. The van der Waals surface area contributed by atoms with Crippen LogP contribution in [0.3, 0.4) is 0 Å². The van der Waals surface area contributed by atoms with Gasteiger partial charge in [0.15, 0.2) is 0 Å². The zero-order valence-corrected chi connectivity index (χ0v) is 12.0. The smallest absolute Gasteiger partial charge is 0.0493 e. The van der Waals surface area contributed by atoms with Crippen molar-refractivity contribution in [1.82, 2.24) is 9.78 Å². The average Bonchev–Trinajstić information content (AvgIpc) is 2.94.